The maximum Gasteiger partial charge on any atom is 0.243 e. The van der Waals surface area contributed by atoms with Gasteiger partial charge in [-0.15, -0.1) is 0 Å². The van der Waals surface area contributed by atoms with Crippen molar-refractivity contribution in [2.45, 2.75) is 50.1 Å². The average molecular weight is 282 g/mol. The molecule has 2 N–H and O–H groups in total. The van der Waals surface area contributed by atoms with Crippen molar-refractivity contribution >= 4 is 10.0 Å². The molecule has 0 bridgehead atoms. The average Bonchev–Trinajstić information content (AvgIpc) is 2.93. The van der Waals surface area contributed by atoms with Crippen molar-refractivity contribution in [2.24, 2.45) is 5.73 Å². The second-order valence-corrected chi connectivity index (χ2v) is 6.89. The molecule has 0 heterocycles. The molecule has 2 rings (SSSR count). The number of benzene rings is 1. The SMILES string of the molecule is CCN(C1CCCC1)S(=O)(=O)c1ccc(CN)cc1. The Morgan fingerprint density at radius 3 is 2.26 bits per heavy atom. The lowest BCUT2D eigenvalue weighted by Gasteiger charge is -2.26. The van der Waals surface area contributed by atoms with Gasteiger partial charge in [0.1, 0.15) is 0 Å². The number of hydrogen-bond donors (Lipinski definition) is 1. The molecular formula is C14H22N2O2S. The summed E-state index contributed by atoms with van der Waals surface area (Å²) in [5, 5.41) is 0. The molecule has 0 atom stereocenters. The summed E-state index contributed by atoms with van der Waals surface area (Å²) in [5.74, 6) is 0. The zero-order valence-corrected chi connectivity index (χ0v) is 12.2. The van der Waals surface area contributed by atoms with E-state index in [1.807, 2.05) is 6.92 Å². The van der Waals surface area contributed by atoms with E-state index in [1.54, 1.807) is 28.6 Å². The molecule has 106 valence electrons. The van der Waals surface area contributed by atoms with E-state index in [2.05, 4.69) is 0 Å². The Kier molecular flexibility index (Phi) is 4.60. The molecule has 1 saturated carbocycles. The normalized spacial score (nSPS) is 17.2. The molecule has 5 heteroatoms. The molecule has 1 aromatic carbocycles. The lowest BCUT2D eigenvalue weighted by atomic mass is 10.2. The van der Waals surface area contributed by atoms with Crippen LogP contribution in [0, 0.1) is 0 Å². The van der Waals surface area contributed by atoms with Gasteiger partial charge in [-0.05, 0) is 30.5 Å². The zero-order chi connectivity index (χ0) is 13.9. The van der Waals surface area contributed by atoms with Crippen LogP contribution < -0.4 is 5.73 Å². The van der Waals surface area contributed by atoms with Gasteiger partial charge in [0.05, 0.1) is 4.90 Å². The smallest absolute Gasteiger partial charge is 0.243 e. The molecule has 0 amide bonds. The molecule has 1 aromatic rings. The van der Waals surface area contributed by atoms with Gasteiger partial charge in [0, 0.05) is 19.1 Å². The fourth-order valence-electron chi connectivity index (χ4n) is 2.75. The minimum atomic E-state index is -3.37. The summed E-state index contributed by atoms with van der Waals surface area (Å²) >= 11 is 0. The third kappa shape index (κ3) is 2.99. The van der Waals surface area contributed by atoms with Gasteiger partial charge < -0.3 is 5.73 Å². The fraction of sp³-hybridized carbons (Fsp3) is 0.571. The van der Waals surface area contributed by atoms with Crippen LogP contribution >= 0.6 is 0 Å². The van der Waals surface area contributed by atoms with Gasteiger partial charge in [-0.3, -0.25) is 0 Å². The molecule has 0 unspecified atom stereocenters. The van der Waals surface area contributed by atoms with Crippen molar-refractivity contribution in [3.8, 4) is 0 Å². The molecule has 19 heavy (non-hydrogen) atoms. The van der Waals surface area contributed by atoms with E-state index < -0.39 is 10.0 Å². The van der Waals surface area contributed by atoms with Crippen LogP contribution in [0.2, 0.25) is 0 Å². The van der Waals surface area contributed by atoms with Gasteiger partial charge in [-0.1, -0.05) is 31.9 Å². The van der Waals surface area contributed by atoms with Crippen molar-refractivity contribution in [3.63, 3.8) is 0 Å². The van der Waals surface area contributed by atoms with Crippen molar-refractivity contribution < 1.29 is 8.42 Å². The summed E-state index contributed by atoms with van der Waals surface area (Å²) in [6.45, 7) is 2.87. The van der Waals surface area contributed by atoms with Gasteiger partial charge in [0.15, 0.2) is 0 Å². The molecule has 0 spiro atoms. The molecule has 0 radical (unpaired) electrons. The van der Waals surface area contributed by atoms with E-state index in [-0.39, 0.29) is 6.04 Å². The Morgan fingerprint density at radius 2 is 1.79 bits per heavy atom. The first-order chi connectivity index (χ1) is 9.09. The molecule has 0 saturated heterocycles. The first-order valence-corrected chi connectivity index (χ1v) is 8.34. The second-order valence-electron chi connectivity index (χ2n) is 4.99. The summed E-state index contributed by atoms with van der Waals surface area (Å²) < 4.78 is 26.9. The lowest BCUT2D eigenvalue weighted by molar-refractivity contribution is 0.335. The van der Waals surface area contributed by atoms with Crippen LogP contribution in [0.4, 0.5) is 0 Å². The highest BCUT2D eigenvalue weighted by Gasteiger charge is 2.31. The largest absolute Gasteiger partial charge is 0.326 e. The number of hydrogen-bond acceptors (Lipinski definition) is 3. The van der Waals surface area contributed by atoms with Crippen LogP contribution in [0.5, 0.6) is 0 Å². The Morgan fingerprint density at radius 1 is 1.21 bits per heavy atom. The minimum Gasteiger partial charge on any atom is -0.326 e. The van der Waals surface area contributed by atoms with Crippen LogP contribution in [0.25, 0.3) is 0 Å². The molecule has 1 aliphatic rings. The van der Waals surface area contributed by atoms with E-state index in [9.17, 15) is 8.42 Å². The first-order valence-electron chi connectivity index (χ1n) is 6.90. The molecule has 4 nitrogen and oxygen atoms in total. The molecule has 0 aliphatic heterocycles. The van der Waals surface area contributed by atoms with Crippen LogP contribution in [0.3, 0.4) is 0 Å². The van der Waals surface area contributed by atoms with E-state index in [0.717, 1.165) is 31.2 Å². The summed E-state index contributed by atoms with van der Waals surface area (Å²) in [5.41, 5.74) is 6.48. The summed E-state index contributed by atoms with van der Waals surface area (Å²) in [6, 6.07) is 7.07. The standard InChI is InChI=1S/C14H22N2O2S/c1-2-16(13-5-3-4-6-13)19(17,18)14-9-7-12(11-15)8-10-14/h7-10,13H,2-6,11,15H2,1H3. The lowest BCUT2D eigenvalue weighted by Crippen LogP contribution is -2.38. The van der Waals surface area contributed by atoms with Crippen LogP contribution in [0.1, 0.15) is 38.2 Å². The number of nitrogens with two attached hydrogens (primary N) is 1. The van der Waals surface area contributed by atoms with E-state index in [0.29, 0.717) is 18.0 Å². The maximum absolute atomic E-state index is 12.6. The fourth-order valence-corrected chi connectivity index (χ4v) is 4.44. The van der Waals surface area contributed by atoms with E-state index in [4.69, 9.17) is 5.73 Å². The summed E-state index contributed by atoms with van der Waals surface area (Å²) in [4.78, 5) is 0.374. The van der Waals surface area contributed by atoms with Crippen molar-refractivity contribution in [1.29, 1.82) is 0 Å². The van der Waals surface area contributed by atoms with Gasteiger partial charge in [0.2, 0.25) is 10.0 Å². The number of sulfonamides is 1. The Labute approximate surface area is 115 Å². The van der Waals surface area contributed by atoms with Crippen molar-refractivity contribution in [2.75, 3.05) is 6.54 Å². The first kappa shape index (κ1) is 14.5. The Hall–Kier alpha value is -0.910. The molecular weight excluding hydrogens is 260 g/mol. The monoisotopic (exact) mass is 282 g/mol. The minimum absolute atomic E-state index is 0.171. The zero-order valence-electron chi connectivity index (χ0n) is 11.4. The molecule has 1 fully saturated rings. The van der Waals surface area contributed by atoms with E-state index >= 15 is 0 Å². The van der Waals surface area contributed by atoms with Crippen molar-refractivity contribution in [1.82, 2.24) is 4.31 Å². The Bertz CT molecular complexity index is 505. The quantitative estimate of drug-likeness (QED) is 0.899. The predicted molar refractivity (Wildman–Crippen MR) is 76.2 cm³/mol. The van der Waals surface area contributed by atoms with Crippen LogP contribution in [-0.4, -0.2) is 25.3 Å². The highest BCUT2D eigenvalue weighted by atomic mass is 32.2. The molecule has 1 aliphatic carbocycles. The van der Waals surface area contributed by atoms with Gasteiger partial charge in [-0.2, -0.15) is 4.31 Å². The van der Waals surface area contributed by atoms with Crippen molar-refractivity contribution in [3.05, 3.63) is 29.8 Å². The highest BCUT2D eigenvalue weighted by Crippen LogP contribution is 2.28. The predicted octanol–water partition coefficient (Wildman–Crippen LogP) is 2.10. The third-order valence-corrected chi connectivity index (χ3v) is 5.85. The summed E-state index contributed by atoms with van der Waals surface area (Å²) in [7, 11) is -3.37. The topological polar surface area (TPSA) is 63.4 Å². The third-order valence-electron chi connectivity index (χ3n) is 3.81. The maximum atomic E-state index is 12.6. The number of rotatable bonds is 5. The van der Waals surface area contributed by atoms with Gasteiger partial charge >= 0.3 is 0 Å². The number of nitrogens with zero attached hydrogens (tertiary/aromatic N) is 1. The van der Waals surface area contributed by atoms with Crippen LogP contribution in [-0.2, 0) is 16.6 Å². The van der Waals surface area contributed by atoms with Crippen LogP contribution in [0.15, 0.2) is 29.2 Å². The second kappa shape index (κ2) is 6.03. The van der Waals surface area contributed by atoms with Gasteiger partial charge in [-0.25, -0.2) is 8.42 Å². The summed E-state index contributed by atoms with van der Waals surface area (Å²) in [6.07, 6.45) is 4.22. The van der Waals surface area contributed by atoms with E-state index in [1.165, 1.54) is 0 Å². The highest BCUT2D eigenvalue weighted by molar-refractivity contribution is 7.89. The molecule has 0 aromatic heterocycles. The Balaban J connectivity index is 2.27. The van der Waals surface area contributed by atoms with Gasteiger partial charge in [0.25, 0.3) is 0 Å².